The zero-order chi connectivity index (χ0) is 49.2. The summed E-state index contributed by atoms with van der Waals surface area (Å²) in [4.78, 5) is 35.8. The van der Waals surface area contributed by atoms with Gasteiger partial charge >= 0.3 is 19.8 Å². The van der Waals surface area contributed by atoms with Crippen molar-refractivity contribution in [2.45, 2.75) is 262 Å². The Morgan fingerprint density at radius 2 is 0.821 bits per heavy atom. The summed E-state index contributed by atoms with van der Waals surface area (Å²) >= 11 is 0. The Bertz CT molecular complexity index is 1350. The third kappa shape index (κ3) is 34.7. The van der Waals surface area contributed by atoms with Crippen molar-refractivity contribution < 1.29 is 63.1 Å². The van der Waals surface area contributed by atoms with E-state index in [1.54, 1.807) is 0 Å². The number of esters is 2. The Morgan fingerprint density at radius 1 is 0.463 bits per heavy atom. The summed E-state index contributed by atoms with van der Waals surface area (Å²) in [7, 11) is -5.13. The van der Waals surface area contributed by atoms with Crippen molar-refractivity contribution in [3.05, 3.63) is 48.6 Å². The number of hydrogen-bond acceptors (Lipinski definition) is 12. The van der Waals surface area contributed by atoms with E-state index in [4.69, 9.17) is 18.5 Å². The Hall–Kier alpha value is -2.19. The van der Waals surface area contributed by atoms with Crippen LogP contribution >= 0.6 is 7.82 Å². The highest BCUT2D eigenvalue weighted by molar-refractivity contribution is 7.47. The fraction of sp³-hybridized carbons (Fsp3) is 0.811. The molecule has 0 heterocycles. The number of aliphatic hydroxyl groups is 5. The molecular formula is C53H95O13P. The minimum Gasteiger partial charge on any atom is -0.462 e. The van der Waals surface area contributed by atoms with Gasteiger partial charge in [-0.2, -0.15) is 0 Å². The number of unbranched alkanes of at least 4 members (excludes halogenated alkanes) is 24. The number of carbonyl (C=O) groups is 2. The first-order valence-corrected chi connectivity index (χ1v) is 27.9. The van der Waals surface area contributed by atoms with Crippen molar-refractivity contribution >= 4 is 19.8 Å². The van der Waals surface area contributed by atoms with Crippen LogP contribution in [0.15, 0.2) is 48.6 Å². The molecule has 14 heteroatoms. The minimum atomic E-state index is -5.13. The van der Waals surface area contributed by atoms with Crippen LogP contribution < -0.4 is 0 Å². The maximum atomic E-state index is 12.9. The van der Waals surface area contributed by atoms with E-state index in [2.05, 4.69) is 50.3 Å². The van der Waals surface area contributed by atoms with E-state index < -0.39 is 75.7 Å². The molecule has 1 saturated carbocycles. The molecule has 0 aromatic carbocycles. The first-order chi connectivity index (χ1) is 32.4. The molecule has 0 bridgehead atoms. The van der Waals surface area contributed by atoms with Gasteiger partial charge in [-0.15, -0.1) is 0 Å². The highest BCUT2D eigenvalue weighted by atomic mass is 31.2. The smallest absolute Gasteiger partial charge is 0.462 e. The summed E-state index contributed by atoms with van der Waals surface area (Å²) in [5, 5.41) is 50.3. The molecule has 0 saturated heterocycles. The maximum absolute atomic E-state index is 12.9. The van der Waals surface area contributed by atoms with Crippen LogP contribution in [0.2, 0.25) is 0 Å². The fourth-order valence-corrected chi connectivity index (χ4v) is 8.90. The quantitative estimate of drug-likeness (QED) is 0.0145. The van der Waals surface area contributed by atoms with Gasteiger partial charge < -0.3 is 39.9 Å². The lowest BCUT2D eigenvalue weighted by Gasteiger charge is -2.41. The molecule has 6 unspecified atom stereocenters. The van der Waals surface area contributed by atoms with Gasteiger partial charge in [0.05, 0.1) is 6.61 Å². The molecule has 1 rings (SSSR count). The van der Waals surface area contributed by atoms with Gasteiger partial charge in [0.2, 0.25) is 0 Å². The van der Waals surface area contributed by atoms with Crippen molar-refractivity contribution in [1.82, 2.24) is 0 Å². The molecule has 67 heavy (non-hydrogen) atoms. The van der Waals surface area contributed by atoms with Crippen molar-refractivity contribution in [2.75, 3.05) is 13.2 Å². The largest absolute Gasteiger partial charge is 0.472 e. The molecule has 0 radical (unpaired) electrons. The molecule has 6 N–H and O–H groups in total. The molecular weight excluding hydrogens is 876 g/mol. The molecule has 390 valence electrons. The van der Waals surface area contributed by atoms with E-state index in [1.165, 1.54) is 122 Å². The average molecular weight is 971 g/mol. The summed E-state index contributed by atoms with van der Waals surface area (Å²) in [5.74, 6) is -1.16. The molecule has 0 aromatic heterocycles. The second-order valence-corrected chi connectivity index (χ2v) is 19.8. The third-order valence-corrected chi connectivity index (χ3v) is 13.2. The lowest BCUT2D eigenvalue weighted by Crippen LogP contribution is -2.64. The highest BCUT2D eigenvalue weighted by Gasteiger charge is 2.51. The number of ether oxygens (including phenoxy) is 2. The first-order valence-electron chi connectivity index (χ1n) is 26.4. The van der Waals surface area contributed by atoms with Crippen LogP contribution in [0, 0.1) is 0 Å². The number of phosphoric acid groups is 1. The van der Waals surface area contributed by atoms with Crippen molar-refractivity contribution in [3.63, 3.8) is 0 Å². The van der Waals surface area contributed by atoms with Crippen LogP contribution in [0.25, 0.3) is 0 Å². The van der Waals surface area contributed by atoms with Crippen molar-refractivity contribution in [1.29, 1.82) is 0 Å². The van der Waals surface area contributed by atoms with Crippen LogP contribution in [0.1, 0.15) is 219 Å². The molecule has 13 nitrogen and oxygen atoms in total. The number of carbonyl (C=O) groups excluding carboxylic acids is 2. The van der Waals surface area contributed by atoms with Gasteiger partial charge in [0.1, 0.15) is 43.2 Å². The number of aliphatic hydroxyl groups excluding tert-OH is 5. The predicted molar refractivity (Wildman–Crippen MR) is 267 cm³/mol. The van der Waals surface area contributed by atoms with E-state index in [1.807, 2.05) is 12.2 Å². The Balaban J connectivity index is 2.43. The molecule has 1 aliphatic rings. The normalized spacial score (nSPS) is 21.5. The van der Waals surface area contributed by atoms with Gasteiger partial charge in [0.25, 0.3) is 0 Å². The van der Waals surface area contributed by atoms with E-state index in [0.717, 1.165) is 51.4 Å². The van der Waals surface area contributed by atoms with E-state index in [9.17, 15) is 44.6 Å². The second-order valence-electron chi connectivity index (χ2n) is 18.4. The van der Waals surface area contributed by atoms with Crippen LogP contribution in [0.4, 0.5) is 0 Å². The van der Waals surface area contributed by atoms with Gasteiger partial charge in [-0.25, -0.2) is 4.57 Å². The highest BCUT2D eigenvalue weighted by Crippen LogP contribution is 2.47. The van der Waals surface area contributed by atoms with Gasteiger partial charge in [0, 0.05) is 12.8 Å². The van der Waals surface area contributed by atoms with E-state index in [0.29, 0.717) is 19.3 Å². The topological polar surface area (TPSA) is 210 Å². The SMILES string of the molecule is CCCCCCCCC/C=C/C/C=C/C/C=C/C/C=C/CCCC(=O)OC[C@@H](COP(=O)(O)OC1C(O)C(O)C(O)[C@H](O)C1O)OC(=O)CCCCCCCCCCCCCCCCCCC. The zero-order valence-corrected chi connectivity index (χ0v) is 42.6. The molecule has 0 aromatic rings. The van der Waals surface area contributed by atoms with Crippen molar-refractivity contribution in [2.24, 2.45) is 0 Å². The predicted octanol–water partition coefficient (Wildman–Crippen LogP) is 11.5. The van der Waals surface area contributed by atoms with E-state index in [-0.39, 0.29) is 12.8 Å². The summed E-state index contributed by atoms with van der Waals surface area (Å²) in [6, 6.07) is 0. The monoisotopic (exact) mass is 971 g/mol. The molecule has 8 atom stereocenters. The lowest BCUT2D eigenvalue weighted by molar-refractivity contribution is -0.220. The van der Waals surface area contributed by atoms with Gasteiger partial charge in [-0.1, -0.05) is 204 Å². The van der Waals surface area contributed by atoms with Crippen LogP contribution in [0.3, 0.4) is 0 Å². The van der Waals surface area contributed by atoms with Crippen molar-refractivity contribution in [3.8, 4) is 0 Å². The third-order valence-electron chi connectivity index (χ3n) is 12.2. The standard InChI is InChI=1S/C53H95O13P/c1-3-5-7-9-11-13-15-17-19-21-22-23-24-26-27-29-31-33-35-37-39-41-46(54)63-43-45(44-64-67(61,62)66-53-51(59)49(57)48(56)50(58)52(53)60)65-47(55)42-40-38-36-34-32-30-28-25-20-18-16-14-12-10-8-6-4-2/h19,21,23-24,27,29,33,35,45,48-53,56-60H,3-18,20,22,25-26,28,30-32,34,36-44H2,1-2H3,(H,61,62)/b21-19+,24-23+,29-27+,35-33+/t45-,48?,49-,50?,51?,52?,53?/m0/s1. The maximum Gasteiger partial charge on any atom is 0.472 e. The molecule has 0 aliphatic heterocycles. The van der Waals surface area contributed by atoms with Crippen LogP contribution in [0.5, 0.6) is 0 Å². The zero-order valence-electron chi connectivity index (χ0n) is 41.7. The summed E-state index contributed by atoms with van der Waals surface area (Å²) in [6.07, 6.45) is 38.8. The lowest BCUT2D eigenvalue weighted by atomic mass is 9.85. The Morgan fingerprint density at radius 3 is 1.27 bits per heavy atom. The van der Waals surface area contributed by atoms with E-state index >= 15 is 0 Å². The number of rotatable bonds is 44. The molecule has 0 amide bonds. The fourth-order valence-electron chi connectivity index (χ4n) is 7.93. The summed E-state index contributed by atoms with van der Waals surface area (Å²) < 4.78 is 33.6. The number of allylic oxidation sites excluding steroid dienone is 8. The Labute approximate surface area is 405 Å². The van der Waals surface area contributed by atoms with Gasteiger partial charge in [0.15, 0.2) is 6.10 Å². The van der Waals surface area contributed by atoms with Crippen LogP contribution in [-0.2, 0) is 32.7 Å². The number of phosphoric ester groups is 1. The van der Waals surface area contributed by atoms with Crippen LogP contribution in [-0.4, -0.2) is 98.3 Å². The average Bonchev–Trinajstić information content (AvgIpc) is 3.31. The second kappa shape index (κ2) is 42.7. The number of hydrogen-bond donors (Lipinski definition) is 6. The van der Waals surface area contributed by atoms with Gasteiger partial charge in [-0.05, 0) is 51.4 Å². The summed E-state index contributed by atoms with van der Waals surface area (Å²) in [6.45, 7) is 3.28. The Kier molecular flexibility index (Phi) is 40.0. The molecule has 1 fully saturated rings. The molecule has 1 aliphatic carbocycles. The molecule has 0 spiro atoms. The first kappa shape index (κ1) is 62.8. The minimum absolute atomic E-state index is 0.0875. The summed E-state index contributed by atoms with van der Waals surface area (Å²) in [5.41, 5.74) is 0. The van der Waals surface area contributed by atoms with Gasteiger partial charge in [-0.3, -0.25) is 18.6 Å².